The fraction of sp³-hybridized carbons (Fsp3) is 0. The first-order chi connectivity index (χ1) is 8.70. The number of aromatic nitrogens is 2. The van der Waals surface area contributed by atoms with E-state index in [1.165, 1.54) is 12.4 Å². The summed E-state index contributed by atoms with van der Waals surface area (Å²) >= 11 is 4.88. The summed E-state index contributed by atoms with van der Waals surface area (Å²) in [5.74, 6) is -0.187. The third-order valence-corrected chi connectivity index (χ3v) is 2.38. The SMILES string of the molecule is NC(=S)N(C(=O)c1ccccc1)c1ncccn1. The number of amides is 1. The van der Waals surface area contributed by atoms with Crippen molar-refractivity contribution in [2.75, 3.05) is 4.90 Å². The van der Waals surface area contributed by atoms with Crippen LogP contribution in [-0.2, 0) is 0 Å². The zero-order valence-corrected chi connectivity index (χ0v) is 10.2. The molecule has 1 aromatic carbocycles. The average molecular weight is 258 g/mol. The van der Waals surface area contributed by atoms with Gasteiger partial charge in [0.15, 0.2) is 5.11 Å². The van der Waals surface area contributed by atoms with E-state index >= 15 is 0 Å². The number of nitrogens with zero attached hydrogens (tertiary/aromatic N) is 3. The molecule has 0 aliphatic heterocycles. The number of carbonyl (C=O) groups is 1. The Kier molecular flexibility index (Phi) is 3.59. The Morgan fingerprint density at radius 3 is 2.28 bits per heavy atom. The van der Waals surface area contributed by atoms with Gasteiger partial charge in [-0.15, -0.1) is 0 Å². The van der Waals surface area contributed by atoms with Crippen LogP contribution in [0.5, 0.6) is 0 Å². The van der Waals surface area contributed by atoms with Crippen molar-refractivity contribution < 1.29 is 4.79 Å². The molecule has 18 heavy (non-hydrogen) atoms. The average Bonchev–Trinajstić information content (AvgIpc) is 2.40. The molecule has 0 atom stereocenters. The highest BCUT2D eigenvalue weighted by atomic mass is 32.1. The van der Waals surface area contributed by atoms with Crippen molar-refractivity contribution in [2.24, 2.45) is 5.73 Å². The Balaban J connectivity index is 2.39. The summed E-state index contributed by atoms with van der Waals surface area (Å²) in [7, 11) is 0. The zero-order valence-electron chi connectivity index (χ0n) is 9.35. The van der Waals surface area contributed by atoms with Crippen LogP contribution in [0.4, 0.5) is 5.95 Å². The molecule has 1 heterocycles. The van der Waals surface area contributed by atoms with E-state index in [9.17, 15) is 4.79 Å². The summed E-state index contributed by atoms with van der Waals surface area (Å²) in [4.78, 5) is 21.3. The second kappa shape index (κ2) is 5.33. The number of benzene rings is 1. The molecular formula is C12H10N4OS. The molecule has 2 aromatic rings. The van der Waals surface area contributed by atoms with Crippen LogP contribution in [0.25, 0.3) is 0 Å². The lowest BCUT2D eigenvalue weighted by molar-refractivity contribution is 0.100. The van der Waals surface area contributed by atoms with Crippen molar-refractivity contribution in [3.63, 3.8) is 0 Å². The Hall–Kier alpha value is -2.34. The maximum atomic E-state index is 12.3. The molecule has 0 saturated heterocycles. The molecule has 1 amide bonds. The molecular weight excluding hydrogens is 248 g/mol. The molecule has 2 rings (SSSR count). The first-order valence-corrected chi connectivity index (χ1v) is 5.57. The number of hydrogen-bond donors (Lipinski definition) is 1. The molecule has 0 unspecified atom stereocenters. The monoisotopic (exact) mass is 258 g/mol. The van der Waals surface area contributed by atoms with Crippen LogP contribution in [0.2, 0.25) is 0 Å². The highest BCUT2D eigenvalue weighted by Crippen LogP contribution is 2.11. The van der Waals surface area contributed by atoms with Crippen molar-refractivity contribution in [3.8, 4) is 0 Å². The van der Waals surface area contributed by atoms with Gasteiger partial charge in [0.25, 0.3) is 5.91 Å². The van der Waals surface area contributed by atoms with Gasteiger partial charge in [0.05, 0.1) is 0 Å². The van der Waals surface area contributed by atoms with Crippen LogP contribution >= 0.6 is 12.2 Å². The lowest BCUT2D eigenvalue weighted by Gasteiger charge is -2.18. The predicted octanol–water partition coefficient (Wildman–Crippen LogP) is 1.37. The van der Waals surface area contributed by atoms with E-state index < -0.39 is 0 Å². The number of rotatable bonds is 2. The second-order valence-electron chi connectivity index (χ2n) is 3.39. The summed E-state index contributed by atoms with van der Waals surface area (Å²) in [5, 5.41) is -0.0879. The van der Waals surface area contributed by atoms with Gasteiger partial charge in [-0.2, -0.15) is 0 Å². The molecule has 0 saturated carbocycles. The molecule has 0 aliphatic rings. The smallest absolute Gasteiger partial charge is 0.267 e. The van der Waals surface area contributed by atoms with Crippen molar-refractivity contribution in [1.29, 1.82) is 0 Å². The number of carbonyl (C=O) groups excluding carboxylic acids is 1. The minimum atomic E-state index is -0.352. The largest absolute Gasteiger partial charge is 0.375 e. The third kappa shape index (κ3) is 2.49. The Morgan fingerprint density at radius 1 is 1.11 bits per heavy atom. The van der Waals surface area contributed by atoms with E-state index in [1.54, 1.807) is 30.3 Å². The Bertz CT molecular complexity index is 559. The first-order valence-electron chi connectivity index (χ1n) is 5.16. The summed E-state index contributed by atoms with van der Waals surface area (Å²) < 4.78 is 0. The Labute approximate surface area is 109 Å². The van der Waals surface area contributed by atoms with Gasteiger partial charge in [-0.3, -0.25) is 4.79 Å². The van der Waals surface area contributed by atoms with Gasteiger partial charge in [-0.1, -0.05) is 18.2 Å². The lowest BCUT2D eigenvalue weighted by Crippen LogP contribution is -2.41. The van der Waals surface area contributed by atoms with Crippen LogP contribution in [-0.4, -0.2) is 21.0 Å². The van der Waals surface area contributed by atoms with Crippen molar-refractivity contribution in [3.05, 3.63) is 54.4 Å². The van der Waals surface area contributed by atoms with Crippen LogP contribution < -0.4 is 10.6 Å². The summed E-state index contributed by atoms with van der Waals surface area (Å²) in [6.07, 6.45) is 3.04. The lowest BCUT2D eigenvalue weighted by atomic mass is 10.2. The van der Waals surface area contributed by atoms with Gasteiger partial charge in [-0.05, 0) is 30.4 Å². The van der Waals surface area contributed by atoms with Gasteiger partial charge < -0.3 is 5.73 Å². The van der Waals surface area contributed by atoms with Crippen LogP contribution in [0, 0.1) is 0 Å². The molecule has 90 valence electrons. The summed E-state index contributed by atoms with van der Waals surface area (Å²) in [6.45, 7) is 0. The normalized spacial score (nSPS) is 9.78. The number of hydrogen-bond acceptors (Lipinski definition) is 4. The van der Waals surface area contributed by atoms with Crippen molar-refractivity contribution >= 4 is 29.2 Å². The van der Waals surface area contributed by atoms with Crippen molar-refractivity contribution in [2.45, 2.75) is 0 Å². The van der Waals surface area contributed by atoms with Crippen LogP contribution in [0.1, 0.15) is 10.4 Å². The molecule has 0 fully saturated rings. The number of thiocarbonyl (C=S) groups is 1. The minimum absolute atomic E-state index is 0.0879. The van der Waals surface area contributed by atoms with E-state index in [2.05, 4.69) is 9.97 Å². The van der Waals surface area contributed by atoms with E-state index in [-0.39, 0.29) is 17.0 Å². The summed E-state index contributed by atoms with van der Waals surface area (Å²) in [5.41, 5.74) is 6.03. The molecule has 0 spiro atoms. The second-order valence-corrected chi connectivity index (χ2v) is 3.81. The van der Waals surface area contributed by atoms with E-state index in [4.69, 9.17) is 18.0 Å². The zero-order chi connectivity index (χ0) is 13.0. The van der Waals surface area contributed by atoms with Crippen molar-refractivity contribution in [1.82, 2.24) is 9.97 Å². The fourth-order valence-electron chi connectivity index (χ4n) is 1.41. The quantitative estimate of drug-likeness (QED) is 0.824. The number of nitrogens with two attached hydrogens (primary N) is 1. The van der Waals surface area contributed by atoms with Gasteiger partial charge in [0.2, 0.25) is 5.95 Å². The first kappa shape index (κ1) is 12.1. The van der Waals surface area contributed by atoms with E-state index in [0.717, 1.165) is 4.90 Å². The topological polar surface area (TPSA) is 72.1 Å². The van der Waals surface area contributed by atoms with Gasteiger partial charge in [0.1, 0.15) is 0 Å². The Morgan fingerprint density at radius 2 is 1.72 bits per heavy atom. The molecule has 5 nitrogen and oxygen atoms in total. The maximum absolute atomic E-state index is 12.3. The van der Waals surface area contributed by atoms with Gasteiger partial charge in [0, 0.05) is 18.0 Å². The third-order valence-electron chi connectivity index (χ3n) is 2.20. The number of anilines is 1. The van der Waals surface area contributed by atoms with E-state index in [0.29, 0.717) is 5.56 Å². The molecule has 0 aliphatic carbocycles. The van der Waals surface area contributed by atoms with Crippen LogP contribution in [0.15, 0.2) is 48.8 Å². The summed E-state index contributed by atoms with van der Waals surface area (Å²) in [6, 6.07) is 10.3. The molecule has 1 aromatic heterocycles. The van der Waals surface area contributed by atoms with E-state index in [1.807, 2.05) is 6.07 Å². The van der Waals surface area contributed by atoms with Gasteiger partial charge in [-0.25, -0.2) is 14.9 Å². The fourth-order valence-corrected chi connectivity index (χ4v) is 1.57. The molecule has 2 N–H and O–H groups in total. The highest BCUT2D eigenvalue weighted by molar-refractivity contribution is 7.80. The molecule has 0 radical (unpaired) electrons. The molecule has 0 bridgehead atoms. The standard InChI is InChI=1S/C12H10N4OS/c13-11(18)16(12-14-7-4-8-15-12)10(17)9-5-2-1-3-6-9/h1-8H,(H2,13,18). The highest BCUT2D eigenvalue weighted by Gasteiger charge is 2.22. The van der Waals surface area contributed by atoms with Gasteiger partial charge >= 0.3 is 0 Å². The molecule has 6 heteroatoms. The minimum Gasteiger partial charge on any atom is -0.375 e. The maximum Gasteiger partial charge on any atom is 0.267 e. The van der Waals surface area contributed by atoms with Crippen LogP contribution in [0.3, 0.4) is 0 Å². The predicted molar refractivity (Wildman–Crippen MR) is 72.1 cm³/mol.